The molecule has 16 heteroatoms. The summed E-state index contributed by atoms with van der Waals surface area (Å²) in [5, 5.41) is 25.8. The van der Waals surface area contributed by atoms with Crippen molar-refractivity contribution in [3.63, 3.8) is 0 Å². The fourth-order valence-electron chi connectivity index (χ4n) is 4.15. The molecule has 1 saturated heterocycles. The van der Waals surface area contributed by atoms with Gasteiger partial charge in [0.25, 0.3) is 5.91 Å². The van der Waals surface area contributed by atoms with Crippen LogP contribution < -0.4 is 10.6 Å². The van der Waals surface area contributed by atoms with E-state index in [1.165, 1.54) is 17.1 Å². The Morgan fingerprint density at radius 1 is 1.15 bits per heavy atom. The fraction of sp³-hybridized carbons (Fsp3) is 0.333. The van der Waals surface area contributed by atoms with Crippen molar-refractivity contribution in [2.75, 3.05) is 11.9 Å². The van der Waals surface area contributed by atoms with Crippen LogP contribution in [0, 0.1) is 12.7 Å². The molecule has 0 spiro atoms. The predicted molar refractivity (Wildman–Crippen MR) is 130 cm³/mol. The van der Waals surface area contributed by atoms with E-state index in [1.54, 1.807) is 11.5 Å². The number of aromatic nitrogens is 6. The van der Waals surface area contributed by atoms with Crippen molar-refractivity contribution in [1.29, 1.82) is 0 Å². The molecule has 210 valence electrons. The van der Waals surface area contributed by atoms with E-state index in [4.69, 9.17) is 4.74 Å². The van der Waals surface area contributed by atoms with Gasteiger partial charge in [0.15, 0.2) is 35.1 Å². The van der Waals surface area contributed by atoms with E-state index in [9.17, 15) is 32.6 Å². The molecule has 1 aliphatic rings. The number of aryl methyl sites for hydroxylation is 1. The van der Waals surface area contributed by atoms with Crippen LogP contribution in [0.3, 0.4) is 0 Å². The molecule has 1 amide bonds. The molecule has 4 N–H and O–H groups in total. The lowest BCUT2D eigenvalue weighted by molar-refractivity contribution is -0.149. The van der Waals surface area contributed by atoms with Crippen molar-refractivity contribution in [2.24, 2.45) is 0 Å². The van der Waals surface area contributed by atoms with Crippen molar-refractivity contribution in [3.05, 3.63) is 60.2 Å². The smallest absolute Gasteiger partial charge is 0.387 e. The second-order valence-electron chi connectivity index (χ2n) is 9.05. The minimum atomic E-state index is -4.69. The van der Waals surface area contributed by atoms with E-state index in [1.807, 2.05) is 19.1 Å². The number of rotatable bonds is 7. The Morgan fingerprint density at radius 3 is 2.67 bits per heavy atom. The molecule has 12 nitrogen and oxygen atoms in total. The standard InChI is InChI=1S/C24H22F4N8O4/c1-11-2-3-30-14(4-11)8-31-20-15-21(35-19(34-20)12-5-13(25)7-29-6-12)36(10-33-15)23-17(38)16(37)18(40-23)22(39)32-9-24(26,27)28/h2-7,10,16-18,23,37-38H,8-9H2,1H3,(H,32,39)(H,31,34,35)/t16-,17+,18-,23+/m0/s1. The van der Waals surface area contributed by atoms with Gasteiger partial charge < -0.3 is 25.6 Å². The first-order valence-electron chi connectivity index (χ1n) is 11.9. The molecule has 0 aromatic carbocycles. The number of hydrogen-bond donors (Lipinski definition) is 4. The van der Waals surface area contributed by atoms with Gasteiger partial charge in [0.05, 0.1) is 24.8 Å². The van der Waals surface area contributed by atoms with Gasteiger partial charge in [0.1, 0.15) is 24.6 Å². The molecule has 0 radical (unpaired) electrons. The maximum Gasteiger partial charge on any atom is 0.405 e. The molecule has 5 heterocycles. The third-order valence-electron chi connectivity index (χ3n) is 6.03. The van der Waals surface area contributed by atoms with E-state index < -0.39 is 49.0 Å². The van der Waals surface area contributed by atoms with E-state index >= 15 is 0 Å². The highest BCUT2D eigenvalue weighted by Gasteiger charge is 2.48. The fourth-order valence-corrected chi connectivity index (χ4v) is 4.15. The van der Waals surface area contributed by atoms with Gasteiger partial charge in [-0.2, -0.15) is 13.2 Å². The molecule has 0 bridgehead atoms. The van der Waals surface area contributed by atoms with Crippen LogP contribution in [-0.2, 0) is 16.1 Å². The van der Waals surface area contributed by atoms with Crippen molar-refractivity contribution >= 4 is 22.9 Å². The third-order valence-corrected chi connectivity index (χ3v) is 6.03. The second kappa shape index (κ2) is 10.7. The highest BCUT2D eigenvalue weighted by atomic mass is 19.4. The molecule has 0 aliphatic carbocycles. The minimum Gasteiger partial charge on any atom is -0.387 e. The maximum atomic E-state index is 13.9. The number of pyridine rings is 2. The van der Waals surface area contributed by atoms with Crippen molar-refractivity contribution < 1.29 is 37.3 Å². The number of ether oxygens (including phenoxy) is 1. The molecule has 1 aliphatic heterocycles. The number of imidazole rings is 1. The Bertz CT molecular complexity index is 1550. The van der Waals surface area contributed by atoms with Crippen LogP contribution >= 0.6 is 0 Å². The van der Waals surface area contributed by atoms with Gasteiger partial charge in [0, 0.05) is 18.0 Å². The van der Waals surface area contributed by atoms with Gasteiger partial charge in [-0.1, -0.05) is 0 Å². The van der Waals surface area contributed by atoms with Crippen molar-refractivity contribution in [1.82, 2.24) is 34.8 Å². The summed E-state index contributed by atoms with van der Waals surface area (Å²) in [4.78, 5) is 33.6. The highest BCUT2D eigenvalue weighted by molar-refractivity contribution is 5.85. The van der Waals surface area contributed by atoms with E-state index in [0.29, 0.717) is 5.69 Å². The summed E-state index contributed by atoms with van der Waals surface area (Å²) in [6.45, 7) is 0.489. The summed E-state index contributed by atoms with van der Waals surface area (Å²) >= 11 is 0. The zero-order valence-corrected chi connectivity index (χ0v) is 20.7. The molecule has 5 rings (SSSR count). The van der Waals surface area contributed by atoms with Gasteiger partial charge in [-0.3, -0.25) is 19.3 Å². The summed E-state index contributed by atoms with van der Waals surface area (Å²) in [6, 6.07) is 4.85. The lowest BCUT2D eigenvalue weighted by Gasteiger charge is -2.17. The highest BCUT2D eigenvalue weighted by Crippen LogP contribution is 2.34. The molecule has 4 aromatic heterocycles. The maximum absolute atomic E-state index is 13.9. The van der Waals surface area contributed by atoms with Crippen LogP contribution in [0.25, 0.3) is 22.6 Å². The number of anilines is 1. The number of hydrogen-bond acceptors (Lipinski definition) is 10. The van der Waals surface area contributed by atoms with Crippen molar-refractivity contribution in [3.8, 4) is 11.4 Å². The van der Waals surface area contributed by atoms with Crippen LogP contribution in [0.1, 0.15) is 17.5 Å². The Labute approximate surface area is 223 Å². The average molecular weight is 562 g/mol. The Hall–Kier alpha value is -4.28. The van der Waals surface area contributed by atoms with Gasteiger partial charge in [-0.05, 0) is 30.7 Å². The molecule has 4 atom stereocenters. The Balaban J connectivity index is 1.51. The van der Waals surface area contributed by atoms with Crippen LogP contribution in [0.5, 0.6) is 0 Å². The molecule has 4 aromatic rings. The first-order chi connectivity index (χ1) is 19.0. The summed E-state index contributed by atoms with van der Waals surface area (Å²) in [5.41, 5.74) is 2.13. The minimum absolute atomic E-state index is 0.0217. The number of aliphatic hydroxyl groups excluding tert-OH is 2. The number of fused-ring (bicyclic) bond motifs is 1. The number of aliphatic hydroxyl groups is 2. The third kappa shape index (κ3) is 5.68. The normalized spacial score (nSPS) is 21.1. The van der Waals surface area contributed by atoms with Crippen molar-refractivity contribution in [2.45, 2.75) is 44.2 Å². The SMILES string of the molecule is Cc1ccnc(CNc2nc(-c3cncc(F)c3)nc3c2ncn3[C@@H]2O[C@H](C(=O)NCC(F)(F)F)[C@@H](O)[C@H]2O)c1. The predicted octanol–water partition coefficient (Wildman–Crippen LogP) is 1.64. The zero-order chi connectivity index (χ0) is 28.6. The van der Waals surface area contributed by atoms with Crippen LogP contribution in [0.4, 0.5) is 23.4 Å². The number of nitrogens with one attached hydrogen (secondary N) is 2. The van der Waals surface area contributed by atoms with Gasteiger partial charge in [-0.15, -0.1) is 0 Å². The van der Waals surface area contributed by atoms with Gasteiger partial charge in [-0.25, -0.2) is 19.3 Å². The lowest BCUT2D eigenvalue weighted by atomic mass is 10.1. The molecular formula is C24H22F4N8O4. The number of halogens is 4. The summed E-state index contributed by atoms with van der Waals surface area (Å²) < 4.78 is 58.3. The van der Waals surface area contributed by atoms with E-state index in [-0.39, 0.29) is 34.9 Å². The number of alkyl halides is 3. The van der Waals surface area contributed by atoms with Crippen LogP contribution in [0.15, 0.2) is 43.1 Å². The van der Waals surface area contributed by atoms with E-state index in [0.717, 1.165) is 17.8 Å². The zero-order valence-electron chi connectivity index (χ0n) is 20.7. The molecule has 0 unspecified atom stereocenters. The van der Waals surface area contributed by atoms with Gasteiger partial charge in [0.2, 0.25) is 0 Å². The Kier molecular flexibility index (Phi) is 7.31. The first kappa shape index (κ1) is 27.3. The molecule has 0 saturated carbocycles. The number of carbonyl (C=O) groups is 1. The van der Waals surface area contributed by atoms with Crippen LogP contribution in [0.2, 0.25) is 0 Å². The molecule has 1 fully saturated rings. The molecule has 40 heavy (non-hydrogen) atoms. The second-order valence-corrected chi connectivity index (χ2v) is 9.05. The topological polar surface area (TPSA) is 160 Å². The quantitative estimate of drug-likeness (QED) is 0.244. The average Bonchev–Trinajstić information content (AvgIpc) is 3.46. The Morgan fingerprint density at radius 2 is 1.95 bits per heavy atom. The largest absolute Gasteiger partial charge is 0.405 e. The monoisotopic (exact) mass is 562 g/mol. The van der Waals surface area contributed by atoms with Crippen LogP contribution in [-0.4, -0.2) is 76.6 Å². The van der Waals surface area contributed by atoms with E-state index in [2.05, 4.69) is 30.2 Å². The molecular weight excluding hydrogens is 540 g/mol. The first-order valence-corrected chi connectivity index (χ1v) is 11.9. The number of carbonyl (C=O) groups excluding carboxylic acids is 1. The number of amides is 1. The number of nitrogens with zero attached hydrogens (tertiary/aromatic N) is 6. The summed E-state index contributed by atoms with van der Waals surface area (Å²) in [5.74, 6) is -1.67. The lowest BCUT2D eigenvalue weighted by Crippen LogP contribution is -2.45. The summed E-state index contributed by atoms with van der Waals surface area (Å²) in [7, 11) is 0. The van der Waals surface area contributed by atoms with Gasteiger partial charge >= 0.3 is 6.18 Å². The summed E-state index contributed by atoms with van der Waals surface area (Å²) in [6.07, 6.45) is -6.35.